The molecular weight excluding hydrogens is 829 g/mol. The fourth-order valence-electron chi connectivity index (χ4n) is 6.35. The first-order chi connectivity index (χ1) is 31.5. The third-order valence-electron chi connectivity index (χ3n) is 10.2. The van der Waals surface area contributed by atoms with Gasteiger partial charge in [0.15, 0.2) is 0 Å². The van der Waals surface area contributed by atoms with Gasteiger partial charge in [0.05, 0.1) is 45.2 Å². The maximum absolute atomic E-state index is 12.8. The van der Waals surface area contributed by atoms with Crippen LogP contribution in [0.15, 0.2) is 97.1 Å². The highest BCUT2D eigenvalue weighted by molar-refractivity contribution is 5.91. The highest BCUT2D eigenvalue weighted by atomic mass is 16.5. The van der Waals surface area contributed by atoms with E-state index >= 15 is 0 Å². The van der Waals surface area contributed by atoms with E-state index < -0.39 is 11.9 Å². The number of rotatable bonds is 35. The molecule has 354 valence electrons. The zero-order valence-corrected chi connectivity index (χ0v) is 38.7. The number of unbranched alkanes of at least 4 members (excludes halogenated alkanes) is 12. The Morgan fingerprint density at radius 2 is 0.708 bits per heavy atom. The van der Waals surface area contributed by atoms with Crippen LogP contribution in [0, 0.1) is 0 Å². The Morgan fingerprint density at radius 3 is 1.11 bits per heavy atom. The monoisotopic (exact) mass is 898 g/mol. The van der Waals surface area contributed by atoms with Gasteiger partial charge in [-0.25, -0.2) is 14.4 Å². The predicted molar refractivity (Wildman–Crippen MR) is 251 cm³/mol. The Kier molecular flexibility index (Phi) is 26.9. The minimum Gasteiger partial charge on any atom is -0.494 e. The molecule has 3 rings (SSSR count). The highest BCUT2D eigenvalue weighted by Gasteiger charge is 2.11. The van der Waals surface area contributed by atoms with E-state index in [-0.39, 0.29) is 17.9 Å². The van der Waals surface area contributed by atoms with Crippen LogP contribution in [-0.4, -0.2) is 69.5 Å². The largest absolute Gasteiger partial charge is 0.494 e. The Morgan fingerprint density at radius 1 is 0.385 bits per heavy atom. The second-order valence-corrected chi connectivity index (χ2v) is 16.1. The molecule has 0 aliphatic heterocycles. The van der Waals surface area contributed by atoms with Crippen LogP contribution < -0.4 is 14.2 Å². The van der Waals surface area contributed by atoms with Gasteiger partial charge in [-0.1, -0.05) is 63.1 Å². The molecule has 0 bridgehead atoms. The van der Waals surface area contributed by atoms with Crippen LogP contribution in [0.3, 0.4) is 0 Å². The molecule has 0 spiro atoms. The summed E-state index contributed by atoms with van der Waals surface area (Å²) in [4.78, 5) is 59.4. The molecule has 3 aromatic rings. The third-order valence-corrected chi connectivity index (χ3v) is 10.2. The quantitative estimate of drug-likeness (QED) is 0.0182. The maximum Gasteiger partial charge on any atom is 0.343 e. The normalized spacial score (nSPS) is 10.7. The van der Waals surface area contributed by atoms with Gasteiger partial charge in [-0.15, -0.1) is 0 Å². The minimum absolute atomic E-state index is 0.179. The van der Waals surface area contributed by atoms with E-state index in [2.05, 4.69) is 13.2 Å². The second-order valence-electron chi connectivity index (χ2n) is 16.1. The molecule has 0 amide bonds. The van der Waals surface area contributed by atoms with E-state index in [0.717, 1.165) is 93.9 Å². The lowest BCUT2D eigenvalue weighted by molar-refractivity contribution is -0.145. The Hall–Kier alpha value is -5.91. The van der Waals surface area contributed by atoms with Gasteiger partial charge < -0.3 is 33.2 Å². The van der Waals surface area contributed by atoms with Gasteiger partial charge in [-0.2, -0.15) is 0 Å². The predicted octanol–water partition coefficient (Wildman–Crippen LogP) is 11.7. The van der Waals surface area contributed by atoms with Gasteiger partial charge in [-0.3, -0.25) is 9.59 Å². The number of benzene rings is 3. The zero-order chi connectivity index (χ0) is 46.9. The lowest BCUT2D eigenvalue weighted by Crippen LogP contribution is -2.08. The first-order valence-electron chi connectivity index (χ1n) is 23.3. The Balaban J connectivity index is 1.14. The molecule has 0 heterocycles. The molecule has 65 heavy (non-hydrogen) atoms. The SMILES string of the molecule is C=C(C)C(=O)OCCCCCCOc1ccc(C(=O)Oc2ccc(-c3ccc(OCCCCCCCCOC(=O)CCCCCOC(=O)CCCCCOC(=O)C(=C)C)cc3)cc2)cc1. The molecule has 12 nitrogen and oxygen atoms in total. The molecule has 0 aromatic heterocycles. The van der Waals surface area contributed by atoms with Crippen LogP contribution in [0.25, 0.3) is 11.1 Å². The molecule has 0 unspecified atom stereocenters. The molecular formula is C53H70O12. The van der Waals surface area contributed by atoms with E-state index in [0.29, 0.717) is 106 Å². The number of ether oxygens (including phenoxy) is 7. The molecule has 0 saturated carbocycles. The van der Waals surface area contributed by atoms with E-state index in [1.54, 1.807) is 50.2 Å². The second kappa shape index (κ2) is 32.7. The van der Waals surface area contributed by atoms with Crippen molar-refractivity contribution in [1.82, 2.24) is 0 Å². The summed E-state index contributed by atoms with van der Waals surface area (Å²) >= 11 is 0. The van der Waals surface area contributed by atoms with Gasteiger partial charge in [0.1, 0.15) is 17.2 Å². The summed E-state index contributed by atoms with van der Waals surface area (Å²) < 4.78 is 38.1. The van der Waals surface area contributed by atoms with E-state index in [9.17, 15) is 24.0 Å². The van der Waals surface area contributed by atoms with Crippen molar-refractivity contribution in [2.45, 2.75) is 129 Å². The number of hydrogen-bond acceptors (Lipinski definition) is 12. The summed E-state index contributed by atoms with van der Waals surface area (Å²) in [6.45, 7) is 13.1. The van der Waals surface area contributed by atoms with Crippen LogP contribution >= 0.6 is 0 Å². The molecule has 0 fully saturated rings. The summed E-state index contributed by atoms with van der Waals surface area (Å²) in [5.41, 5.74) is 3.24. The van der Waals surface area contributed by atoms with Crippen molar-refractivity contribution in [3.63, 3.8) is 0 Å². The van der Waals surface area contributed by atoms with Crippen molar-refractivity contribution < 1.29 is 57.1 Å². The van der Waals surface area contributed by atoms with Crippen molar-refractivity contribution >= 4 is 29.8 Å². The number of carbonyl (C=O) groups excluding carboxylic acids is 5. The Bertz CT molecular complexity index is 1880. The van der Waals surface area contributed by atoms with Gasteiger partial charge in [0.2, 0.25) is 0 Å². The standard InChI is InChI=1S/C53H70O12/c1-41(2)51(56)63-39-18-10-9-16-36-60-47-31-27-45(28-32-47)53(58)65-48-33-25-44(26-34-48)43-23-29-46(30-24-43)59-35-15-7-5-6-8-17-37-61-49(54)21-13-11-19-38-62-50(55)22-14-12-20-40-64-52(57)42(3)4/h23-34H,1,3,5-22,35-40H2,2,4H3. The van der Waals surface area contributed by atoms with Crippen molar-refractivity contribution in [3.05, 3.63) is 103 Å². The van der Waals surface area contributed by atoms with Crippen molar-refractivity contribution in [1.29, 1.82) is 0 Å². The fourth-order valence-corrected chi connectivity index (χ4v) is 6.35. The summed E-state index contributed by atoms with van der Waals surface area (Å²) in [6.07, 6.45) is 14.8. The molecule has 0 aliphatic carbocycles. The Labute approximate surface area is 386 Å². The topological polar surface area (TPSA) is 150 Å². The minimum atomic E-state index is -0.446. The molecule has 0 radical (unpaired) electrons. The van der Waals surface area contributed by atoms with E-state index in [1.165, 1.54) is 0 Å². The van der Waals surface area contributed by atoms with Crippen LogP contribution in [-0.2, 0) is 38.1 Å². The summed E-state index contributed by atoms with van der Waals surface area (Å²) in [5.74, 6) is 0.363. The number of esters is 5. The molecule has 0 N–H and O–H groups in total. The number of hydrogen-bond donors (Lipinski definition) is 0. The summed E-state index contributed by atoms with van der Waals surface area (Å²) in [7, 11) is 0. The fraction of sp³-hybridized carbons (Fsp3) is 0.491. The van der Waals surface area contributed by atoms with Gasteiger partial charge in [0.25, 0.3) is 0 Å². The van der Waals surface area contributed by atoms with Crippen LogP contribution in [0.1, 0.15) is 140 Å². The van der Waals surface area contributed by atoms with E-state index in [4.69, 9.17) is 33.2 Å². The van der Waals surface area contributed by atoms with Crippen LogP contribution in [0.2, 0.25) is 0 Å². The average Bonchev–Trinajstić information content (AvgIpc) is 3.30. The smallest absolute Gasteiger partial charge is 0.343 e. The maximum atomic E-state index is 12.8. The van der Waals surface area contributed by atoms with Gasteiger partial charge in [0, 0.05) is 24.0 Å². The van der Waals surface area contributed by atoms with Gasteiger partial charge in [-0.05, 0) is 151 Å². The van der Waals surface area contributed by atoms with Crippen LogP contribution in [0.5, 0.6) is 17.2 Å². The van der Waals surface area contributed by atoms with Crippen LogP contribution in [0.4, 0.5) is 0 Å². The highest BCUT2D eigenvalue weighted by Crippen LogP contribution is 2.26. The summed E-state index contributed by atoms with van der Waals surface area (Å²) in [6, 6.07) is 22.3. The zero-order valence-electron chi connectivity index (χ0n) is 38.7. The summed E-state index contributed by atoms with van der Waals surface area (Å²) in [5, 5.41) is 0. The lowest BCUT2D eigenvalue weighted by atomic mass is 10.1. The molecule has 3 aromatic carbocycles. The molecule has 0 aliphatic rings. The molecule has 0 saturated heterocycles. The average molecular weight is 899 g/mol. The molecule has 0 atom stereocenters. The first-order valence-corrected chi connectivity index (χ1v) is 23.3. The van der Waals surface area contributed by atoms with Crippen molar-refractivity contribution in [2.75, 3.05) is 39.6 Å². The first kappa shape index (κ1) is 53.4. The van der Waals surface area contributed by atoms with E-state index in [1.807, 2.05) is 36.4 Å². The van der Waals surface area contributed by atoms with Gasteiger partial charge >= 0.3 is 29.8 Å². The number of carbonyl (C=O) groups is 5. The lowest BCUT2D eigenvalue weighted by Gasteiger charge is -2.09. The van der Waals surface area contributed by atoms with Crippen molar-refractivity contribution in [3.8, 4) is 28.4 Å². The molecule has 12 heteroatoms. The third kappa shape index (κ3) is 24.7. The van der Waals surface area contributed by atoms with Crippen molar-refractivity contribution in [2.24, 2.45) is 0 Å².